The van der Waals surface area contributed by atoms with Gasteiger partial charge < -0.3 is 21.3 Å². The van der Waals surface area contributed by atoms with Gasteiger partial charge in [0.25, 0.3) is 0 Å². The largest absolute Gasteiger partial charge is 0.506 e. The van der Waals surface area contributed by atoms with E-state index in [1.54, 1.807) is 6.07 Å². The van der Waals surface area contributed by atoms with Crippen LogP contribution in [0.3, 0.4) is 0 Å². The number of benzene rings is 1. The van der Waals surface area contributed by atoms with Crippen LogP contribution in [0.2, 0.25) is 0 Å². The lowest BCUT2D eigenvalue weighted by molar-refractivity contribution is -0.116. The molecule has 5 nitrogen and oxygen atoms in total. The van der Waals surface area contributed by atoms with Crippen molar-refractivity contribution in [2.75, 3.05) is 11.9 Å². The zero-order valence-electron chi connectivity index (χ0n) is 12.4. The quantitative estimate of drug-likeness (QED) is 0.492. The summed E-state index contributed by atoms with van der Waals surface area (Å²) in [6, 6.07) is 3.14. The Bertz CT molecular complexity index is 479. The predicted molar refractivity (Wildman–Crippen MR) is 80.0 cm³/mol. The van der Waals surface area contributed by atoms with Gasteiger partial charge in [0.2, 0.25) is 5.91 Å². The Kier molecular flexibility index (Phi) is 5.39. The highest BCUT2D eigenvalue weighted by Crippen LogP contribution is 2.41. The highest BCUT2D eigenvalue weighted by Gasteiger charge is 2.22. The molecular weight excluding hydrogens is 256 g/mol. The third-order valence-electron chi connectivity index (χ3n) is 3.09. The molecule has 0 aliphatic carbocycles. The van der Waals surface area contributed by atoms with E-state index in [9.17, 15) is 15.0 Å². The van der Waals surface area contributed by atoms with Gasteiger partial charge in [-0.25, -0.2) is 0 Å². The third-order valence-corrected chi connectivity index (χ3v) is 3.09. The molecule has 1 amide bonds. The van der Waals surface area contributed by atoms with E-state index in [1.165, 1.54) is 6.07 Å². The molecule has 0 aliphatic rings. The van der Waals surface area contributed by atoms with Crippen LogP contribution in [0.4, 0.5) is 5.69 Å². The monoisotopic (exact) mass is 280 g/mol. The van der Waals surface area contributed by atoms with Crippen molar-refractivity contribution in [2.45, 2.75) is 45.4 Å². The smallest absolute Gasteiger partial charge is 0.224 e. The molecule has 1 rings (SSSR count). The lowest BCUT2D eigenvalue weighted by Crippen LogP contribution is -2.15. The number of nitrogens with two attached hydrogens (primary N) is 1. The predicted octanol–water partition coefficient (Wildman–Crippen LogP) is 2.46. The van der Waals surface area contributed by atoms with Crippen molar-refractivity contribution in [1.29, 1.82) is 0 Å². The Hall–Kier alpha value is -1.75. The number of phenolic OH excluding ortho intramolecular Hbond substituents is 2. The highest BCUT2D eigenvalue weighted by atomic mass is 16.3. The Morgan fingerprint density at radius 3 is 2.45 bits per heavy atom. The van der Waals surface area contributed by atoms with Gasteiger partial charge in [-0.2, -0.15) is 0 Å². The van der Waals surface area contributed by atoms with Crippen molar-refractivity contribution in [3.63, 3.8) is 0 Å². The van der Waals surface area contributed by atoms with Crippen LogP contribution in [0.5, 0.6) is 11.5 Å². The first kappa shape index (κ1) is 16.3. The zero-order chi connectivity index (χ0) is 15.3. The number of carbonyl (C=O) groups is 1. The molecule has 0 atom stereocenters. The molecule has 5 heteroatoms. The Morgan fingerprint density at radius 1 is 1.25 bits per heavy atom. The summed E-state index contributed by atoms with van der Waals surface area (Å²) in [4.78, 5) is 11.8. The second-order valence-electron chi connectivity index (χ2n) is 5.90. The average molecular weight is 280 g/mol. The van der Waals surface area contributed by atoms with Gasteiger partial charge in [0.15, 0.2) is 0 Å². The fourth-order valence-electron chi connectivity index (χ4n) is 1.94. The fourth-order valence-corrected chi connectivity index (χ4v) is 1.94. The van der Waals surface area contributed by atoms with Crippen LogP contribution in [0.25, 0.3) is 0 Å². The summed E-state index contributed by atoms with van der Waals surface area (Å²) >= 11 is 0. The van der Waals surface area contributed by atoms with Crippen LogP contribution >= 0.6 is 0 Å². The van der Waals surface area contributed by atoms with E-state index in [4.69, 9.17) is 5.73 Å². The van der Waals surface area contributed by atoms with Gasteiger partial charge >= 0.3 is 0 Å². The number of anilines is 1. The Morgan fingerprint density at radius 2 is 1.90 bits per heavy atom. The first-order chi connectivity index (χ1) is 9.27. The molecule has 0 aliphatic heterocycles. The molecule has 0 aromatic heterocycles. The molecule has 112 valence electrons. The van der Waals surface area contributed by atoms with Crippen molar-refractivity contribution in [3.05, 3.63) is 17.7 Å². The van der Waals surface area contributed by atoms with Gasteiger partial charge in [0.05, 0.1) is 0 Å². The van der Waals surface area contributed by atoms with Crippen LogP contribution in [-0.2, 0) is 10.2 Å². The van der Waals surface area contributed by atoms with E-state index in [2.05, 4.69) is 5.32 Å². The van der Waals surface area contributed by atoms with Gasteiger partial charge in [0, 0.05) is 12.0 Å². The normalized spacial score (nSPS) is 11.4. The van der Waals surface area contributed by atoms with E-state index in [-0.39, 0.29) is 28.5 Å². The number of phenols is 2. The summed E-state index contributed by atoms with van der Waals surface area (Å²) in [5.74, 6) is -0.456. The number of unbranched alkanes of at least 4 members (excludes halogenated alkanes) is 1. The van der Waals surface area contributed by atoms with E-state index >= 15 is 0 Å². The number of hydrogen-bond donors (Lipinski definition) is 4. The van der Waals surface area contributed by atoms with E-state index in [0.717, 1.165) is 6.42 Å². The summed E-state index contributed by atoms with van der Waals surface area (Å²) in [6.07, 6.45) is 1.77. The van der Waals surface area contributed by atoms with Crippen LogP contribution in [0.1, 0.15) is 45.6 Å². The van der Waals surface area contributed by atoms with Crippen LogP contribution in [0.15, 0.2) is 12.1 Å². The van der Waals surface area contributed by atoms with Crippen molar-refractivity contribution in [3.8, 4) is 11.5 Å². The van der Waals surface area contributed by atoms with E-state index in [0.29, 0.717) is 24.9 Å². The molecular formula is C15H24N2O3. The maximum absolute atomic E-state index is 11.8. The Labute approximate surface area is 119 Å². The molecule has 1 aromatic rings. The zero-order valence-corrected chi connectivity index (χ0v) is 12.4. The average Bonchev–Trinajstić information content (AvgIpc) is 2.33. The molecule has 5 N–H and O–H groups in total. The molecule has 0 radical (unpaired) electrons. The first-order valence-corrected chi connectivity index (χ1v) is 6.82. The fraction of sp³-hybridized carbons (Fsp3) is 0.533. The highest BCUT2D eigenvalue weighted by molar-refractivity contribution is 5.94. The number of carbonyl (C=O) groups excluding carboxylic acids is 1. The summed E-state index contributed by atoms with van der Waals surface area (Å²) in [7, 11) is 0. The molecule has 0 saturated heterocycles. The second kappa shape index (κ2) is 6.61. The standard InChI is InChI=1S/C15H24N2O3/c1-15(2,3)10-7-8-11(18)13(14(10)20)17-12(19)6-4-5-9-16/h7-8,18,20H,4-6,9,16H2,1-3H3,(H,17,19). The van der Waals surface area contributed by atoms with Gasteiger partial charge in [-0.05, 0) is 30.9 Å². The van der Waals surface area contributed by atoms with E-state index < -0.39 is 0 Å². The summed E-state index contributed by atoms with van der Waals surface area (Å²) in [5, 5.41) is 22.6. The van der Waals surface area contributed by atoms with Crippen LogP contribution in [-0.4, -0.2) is 22.7 Å². The maximum atomic E-state index is 11.8. The number of nitrogens with one attached hydrogen (secondary N) is 1. The van der Waals surface area contributed by atoms with Gasteiger partial charge in [-0.1, -0.05) is 26.8 Å². The SMILES string of the molecule is CC(C)(C)c1ccc(O)c(NC(=O)CCCCN)c1O. The molecule has 0 unspecified atom stereocenters. The van der Waals surface area contributed by atoms with Crippen molar-refractivity contribution in [1.82, 2.24) is 0 Å². The minimum atomic E-state index is -0.281. The van der Waals surface area contributed by atoms with Crippen molar-refractivity contribution < 1.29 is 15.0 Å². The second-order valence-corrected chi connectivity index (χ2v) is 5.90. The number of amides is 1. The molecule has 0 bridgehead atoms. The molecule has 0 fully saturated rings. The number of aromatic hydroxyl groups is 2. The van der Waals surface area contributed by atoms with Crippen LogP contribution < -0.4 is 11.1 Å². The molecule has 0 spiro atoms. The number of rotatable bonds is 5. The molecule has 1 aromatic carbocycles. The molecule has 0 saturated carbocycles. The van der Waals surface area contributed by atoms with Crippen molar-refractivity contribution in [2.24, 2.45) is 5.73 Å². The third kappa shape index (κ3) is 4.13. The lowest BCUT2D eigenvalue weighted by Gasteiger charge is -2.22. The molecule has 20 heavy (non-hydrogen) atoms. The van der Waals surface area contributed by atoms with Crippen LogP contribution in [0, 0.1) is 0 Å². The molecule has 0 heterocycles. The van der Waals surface area contributed by atoms with Crippen molar-refractivity contribution >= 4 is 11.6 Å². The minimum absolute atomic E-state index is 0.0789. The Balaban J connectivity index is 2.92. The first-order valence-electron chi connectivity index (χ1n) is 6.82. The van der Waals surface area contributed by atoms with Gasteiger partial charge in [0.1, 0.15) is 17.2 Å². The summed E-state index contributed by atoms with van der Waals surface area (Å²) in [5.41, 5.74) is 5.84. The minimum Gasteiger partial charge on any atom is -0.506 e. The summed E-state index contributed by atoms with van der Waals surface area (Å²) < 4.78 is 0. The van der Waals surface area contributed by atoms with Gasteiger partial charge in [-0.3, -0.25) is 4.79 Å². The summed E-state index contributed by atoms with van der Waals surface area (Å²) in [6.45, 7) is 6.40. The maximum Gasteiger partial charge on any atom is 0.224 e. The lowest BCUT2D eigenvalue weighted by atomic mass is 9.86. The number of hydrogen-bond acceptors (Lipinski definition) is 4. The van der Waals surface area contributed by atoms with E-state index in [1.807, 2.05) is 20.8 Å². The van der Waals surface area contributed by atoms with Gasteiger partial charge in [-0.15, -0.1) is 0 Å². The topological polar surface area (TPSA) is 95.6 Å².